The zero-order chi connectivity index (χ0) is 13.5. The first-order valence-electron chi connectivity index (χ1n) is 7.35. The van der Waals surface area contributed by atoms with Gasteiger partial charge in [-0.15, -0.1) is 0 Å². The van der Waals surface area contributed by atoms with Crippen LogP contribution in [0.15, 0.2) is 24.3 Å². The number of amides is 1. The quantitative estimate of drug-likeness (QED) is 0.799. The van der Waals surface area contributed by atoms with Crippen LogP contribution in [0.25, 0.3) is 0 Å². The van der Waals surface area contributed by atoms with Crippen LogP contribution in [0, 0.1) is 5.92 Å². The first kappa shape index (κ1) is 13.9. The largest absolute Gasteiger partial charge is 0.385 e. The van der Waals surface area contributed by atoms with Crippen LogP contribution in [0.2, 0.25) is 0 Å². The first-order chi connectivity index (χ1) is 9.24. The van der Waals surface area contributed by atoms with E-state index in [-0.39, 0.29) is 5.91 Å². The summed E-state index contributed by atoms with van der Waals surface area (Å²) in [4.78, 5) is 10.8. The Labute approximate surface area is 115 Å². The summed E-state index contributed by atoms with van der Waals surface area (Å²) in [6.45, 7) is 1.06. The molecule has 19 heavy (non-hydrogen) atoms. The Morgan fingerprint density at radius 2 is 1.74 bits per heavy atom. The lowest BCUT2D eigenvalue weighted by Crippen LogP contribution is -2.14. The SMILES string of the molecule is NC(=O)Cc1ccc(NCC2CCCCCC2)cc1. The van der Waals surface area contributed by atoms with E-state index in [1.54, 1.807) is 0 Å². The van der Waals surface area contributed by atoms with Gasteiger partial charge in [-0.1, -0.05) is 37.8 Å². The second kappa shape index (κ2) is 7.17. The first-order valence-corrected chi connectivity index (χ1v) is 7.35. The van der Waals surface area contributed by atoms with E-state index in [4.69, 9.17) is 5.73 Å². The van der Waals surface area contributed by atoms with E-state index in [9.17, 15) is 4.79 Å². The van der Waals surface area contributed by atoms with Gasteiger partial charge in [-0.3, -0.25) is 4.79 Å². The summed E-state index contributed by atoms with van der Waals surface area (Å²) in [5, 5.41) is 3.51. The van der Waals surface area contributed by atoms with Gasteiger partial charge in [-0.25, -0.2) is 0 Å². The molecule has 1 aliphatic rings. The van der Waals surface area contributed by atoms with E-state index in [0.29, 0.717) is 6.42 Å². The Balaban J connectivity index is 1.80. The Bertz CT molecular complexity index is 392. The number of nitrogens with one attached hydrogen (secondary N) is 1. The number of hydrogen-bond donors (Lipinski definition) is 2. The zero-order valence-electron chi connectivity index (χ0n) is 11.5. The van der Waals surface area contributed by atoms with Crippen LogP contribution in [0.3, 0.4) is 0 Å². The molecule has 1 saturated carbocycles. The topological polar surface area (TPSA) is 55.1 Å². The highest BCUT2D eigenvalue weighted by Gasteiger charge is 2.11. The van der Waals surface area contributed by atoms with Crippen LogP contribution in [-0.2, 0) is 11.2 Å². The second-order valence-electron chi connectivity index (χ2n) is 5.58. The average Bonchev–Trinajstić information content (AvgIpc) is 2.66. The molecule has 2 rings (SSSR count). The summed E-state index contributed by atoms with van der Waals surface area (Å²) < 4.78 is 0. The molecular weight excluding hydrogens is 236 g/mol. The predicted molar refractivity (Wildman–Crippen MR) is 79.0 cm³/mol. The number of hydrogen-bond acceptors (Lipinski definition) is 2. The molecule has 0 heterocycles. The lowest BCUT2D eigenvalue weighted by atomic mass is 10.0. The van der Waals surface area contributed by atoms with Crippen molar-refractivity contribution in [2.24, 2.45) is 11.7 Å². The van der Waals surface area contributed by atoms with Crippen LogP contribution < -0.4 is 11.1 Å². The predicted octanol–water partition coefficient (Wildman–Crippen LogP) is 3.10. The number of primary amides is 1. The van der Waals surface area contributed by atoms with Crippen LogP contribution in [0.1, 0.15) is 44.1 Å². The van der Waals surface area contributed by atoms with Crippen molar-refractivity contribution in [3.05, 3.63) is 29.8 Å². The Morgan fingerprint density at radius 1 is 1.11 bits per heavy atom. The van der Waals surface area contributed by atoms with Gasteiger partial charge in [0.15, 0.2) is 0 Å². The van der Waals surface area contributed by atoms with Crippen molar-refractivity contribution in [2.45, 2.75) is 44.9 Å². The number of rotatable bonds is 5. The van der Waals surface area contributed by atoms with E-state index >= 15 is 0 Å². The smallest absolute Gasteiger partial charge is 0.221 e. The van der Waals surface area contributed by atoms with Gasteiger partial charge in [0.1, 0.15) is 0 Å². The highest BCUT2D eigenvalue weighted by Crippen LogP contribution is 2.23. The van der Waals surface area contributed by atoms with Crippen molar-refractivity contribution in [1.82, 2.24) is 0 Å². The van der Waals surface area contributed by atoms with E-state index in [0.717, 1.165) is 23.7 Å². The van der Waals surface area contributed by atoms with Gasteiger partial charge < -0.3 is 11.1 Å². The standard InChI is InChI=1S/C16H24N2O/c17-16(19)11-13-7-9-15(10-8-13)18-12-14-5-3-1-2-4-6-14/h7-10,14,18H,1-6,11-12H2,(H2,17,19). The van der Waals surface area contributed by atoms with Crippen molar-refractivity contribution in [1.29, 1.82) is 0 Å². The van der Waals surface area contributed by atoms with E-state index in [1.165, 1.54) is 38.5 Å². The molecule has 1 fully saturated rings. The number of carbonyl (C=O) groups excluding carboxylic acids is 1. The molecule has 3 N–H and O–H groups in total. The van der Waals surface area contributed by atoms with Crippen molar-refractivity contribution in [3.63, 3.8) is 0 Å². The molecule has 0 atom stereocenters. The molecule has 0 radical (unpaired) electrons. The number of nitrogens with two attached hydrogens (primary N) is 1. The highest BCUT2D eigenvalue weighted by molar-refractivity contribution is 5.76. The van der Waals surface area contributed by atoms with Crippen molar-refractivity contribution < 1.29 is 4.79 Å². The molecule has 1 aliphatic carbocycles. The third-order valence-electron chi connectivity index (χ3n) is 3.90. The molecule has 0 spiro atoms. The monoisotopic (exact) mass is 260 g/mol. The fraction of sp³-hybridized carbons (Fsp3) is 0.562. The van der Waals surface area contributed by atoms with Crippen LogP contribution in [-0.4, -0.2) is 12.5 Å². The van der Waals surface area contributed by atoms with Gasteiger partial charge >= 0.3 is 0 Å². The summed E-state index contributed by atoms with van der Waals surface area (Å²) in [7, 11) is 0. The third kappa shape index (κ3) is 4.93. The van der Waals surface area contributed by atoms with Crippen LogP contribution in [0.5, 0.6) is 0 Å². The maximum absolute atomic E-state index is 10.8. The molecular formula is C16H24N2O. The molecule has 0 saturated heterocycles. The van der Waals surface area contributed by atoms with Crippen LogP contribution in [0.4, 0.5) is 5.69 Å². The molecule has 1 aromatic rings. The summed E-state index contributed by atoms with van der Waals surface area (Å²) in [5.41, 5.74) is 7.29. The maximum Gasteiger partial charge on any atom is 0.221 e. The van der Waals surface area contributed by atoms with Crippen LogP contribution >= 0.6 is 0 Å². The molecule has 0 aliphatic heterocycles. The highest BCUT2D eigenvalue weighted by atomic mass is 16.1. The van der Waals surface area contributed by atoms with Gasteiger partial charge in [0, 0.05) is 12.2 Å². The molecule has 0 unspecified atom stereocenters. The average molecular weight is 260 g/mol. The minimum Gasteiger partial charge on any atom is -0.385 e. The molecule has 1 aromatic carbocycles. The molecule has 3 heteroatoms. The van der Waals surface area contributed by atoms with Gasteiger partial charge in [-0.2, -0.15) is 0 Å². The lowest BCUT2D eigenvalue weighted by molar-refractivity contribution is -0.117. The minimum absolute atomic E-state index is 0.279. The Hall–Kier alpha value is -1.51. The summed E-state index contributed by atoms with van der Waals surface area (Å²) in [6, 6.07) is 8.02. The number of anilines is 1. The second-order valence-corrected chi connectivity index (χ2v) is 5.58. The minimum atomic E-state index is -0.279. The Morgan fingerprint density at radius 3 is 2.32 bits per heavy atom. The third-order valence-corrected chi connectivity index (χ3v) is 3.90. The number of carbonyl (C=O) groups is 1. The molecule has 3 nitrogen and oxygen atoms in total. The lowest BCUT2D eigenvalue weighted by Gasteiger charge is -2.15. The van der Waals surface area contributed by atoms with Crippen molar-refractivity contribution >= 4 is 11.6 Å². The van der Waals surface area contributed by atoms with Crippen molar-refractivity contribution in [2.75, 3.05) is 11.9 Å². The number of benzene rings is 1. The van der Waals surface area contributed by atoms with E-state index < -0.39 is 0 Å². The molecule has 0 bridgehead atoms. The zero-order valence-corrected chi connectivity index (χ0v) is 11.5. The van der Waals surface area contributed by atoms with E-state index in [1.807, 2.05) is 24.3 Å². The van der Waals surface area contributed by atoms with E-state index in [2.05, 4.69) is 5.32 Å². The Kier molecular flexibility index (Phi) is 5.25. The normalized spacial score (nSPS) is 16.8. The summed E-state index contributed by atoms with van der Waals surface area (Å²) >= 11 is 0. The van der Waals surface area contributed by atoms with Gasteiger partial charge in [-0.05, 0) is 36.5 Å². The van der Waals surface area contributed by atoms with Gasteiger partial charge in [0.2, 0.25) is 5.91 Å². The van der Waals surface area contributed by atoms with Gasteiger partial charge in [0.05, 0.1) is 6.42 Å². The maximum atomic E-state index is 10.8. The fourth-order valence-corrected chi connectivity index (χ4v) is 2.77. The fourth-order valence-electron chi connectivity index (χ4n) is 2.77. The molecule has 104 valence electrons. The summed E-state index contributed by atoms with van der Waals surface area (Å²) in [6.07, 6.45) is 8.59. The summed E-state index contributed by atoms with van der Waals surface area (Å²) in [5.74, 6) is 0.534. The van der Waals surface area contributed by atoms with Gasteiger partial charge in [0.25, 0.3) is 0 Å². The molecule has 1 amide bonds. The molecule has 0 aromatic heterocycles. The van der Waals surface area contributed by atoms with Crippen molar-refractivity contribution in [3.8, 4) is 0 Å².